The zero-order valence-electron chi connectivity index (χ0n) is 18.5. The maximum atomic E-state index is 13.9. The fraction of sp³-hybridized carbons (Fsp3) is 0.318. The Morgan fingerprint density at radius 3 is 2.14 bits per heavy atom. The molecule has 1 unspecified atom stereocenters. The van der Waals surface area contributed by atoms with Gasteiger partial charge in [-0.3, -0.25) is 9.59 Å². The molecule has 1 N–H and O–H groups in total. The first-order chi connectivity index (χ1) is 16.3. The molecule has 1 aliphatic rings. The standard InChI is InChI=1S/C22H22F3N3O6S/c1-15(29)26-11-12-28(35(33,34)18-9-7-17(8-10-18)21(31)32)19(14-26)20(30)27(22(23,24)25)13-16-5-3-2-4-6-16/h2-10,19H,11-14H2,1H3,(H,31,32). The zero-order chi connectivity index (χ0) is 26.0. The van der Waals surface area contributed by atoms with E-state index in [0.717, 1.165) is 29.2 Å². The van der Waals surface area contributed by atoms with Gasteiger partial charge in [-0.1, -0.05) is 30.3 Å². The Kier molecular flexibility index (Phi) is 7.50. The summed E-state index contributed by atoms with van der Waals surface area (Å²) in [5.74, 6) is -3.34. The van der Waals surface area contributed by atoms with Gasteiger partial charge in [0.05, 0.1) is 17.0 Å². The van der Waals surface area contributed by atoms with Crippen LogP contribution in [0.1, 0.15) is 22.8 Å². The van der Waals surface area contributed by atoms with Crippen LogP contribution in [0.5, 0.6) is 0 Å². The van der Waals surface area contributed by atoms with Crippen molar-refractivity contribution < 1.29 is 41.1 Å². The summed E-state index contributed by atoms with van der Waals surface area (Å²) in [4.78, 5) is 36.6. The van der Waals surface area contributed by atoms with E-state index in [9.17, 15) is 36.0 Å². The van der Waals surface area contributed by atoms with Crippen LogP contribution in [0.4, 0.5) is 13.2 Å². The lowest BCUT2D eigenvalue weighted by atomic mass is 10.1. The normalized spacial score (nSPS) is 17.1. The van der Waals surface area contributed by atoms with Crippen LogP contribution in [-0.2, 0) is 26.2 Å². The molecule has 0 aromatic heterocycles. The van der Waals surface area contributed by atoms with Crippen molar-refractivity contribution in [1.82, 2.24) is 14.1 Å². The van der Waals surface area contributed by atoms with Crippen molar-refractivity contribution in [2.75, 3.05) is 19.6 Å². The molecule has 1 fully saturated rings. The van der Waals surface area contributed by atoms with E-state index >= 15 is 0 Å². The van der Waals surface area contributed by atoms with Crippen LogP contribution in [0.25, 0.3) is 0 Å². The van der Waals surface area contributed by atoms with Gasteiger partial charge in [-0.2, -0.15) is 4.31 Å². The molecule has 9 nitrogen and oxygen atoms in total. The molecule has 2 aromatic carbocycles. The Labute approximate surface area is 199 Å². The number of carbonyl (C=O) groups excluding carboxylic acids is 2. The van der Waals surface area contributed by atoms with Gasteiger partial charge in [0.25, 0.3) is 0 Å². The summed E-state index contributed by atoms with van der Waals surface area (Å²) in [6.45, 7) is -0.795. The first-order valence-electron chi connectivity index (χ1n) is 10.3. The van der Waals surface area contributed by atoms with Crippen LogP contribution in [-0.4, -0.2) is 77.4 Å². The third-order valence-electron chi connectivity index (χ3n) is 5.53. The third kappa shape index (κ3) is 5.80. The molecule has 0 aliphatic carbocycles. The predicted molar refractivity (Wildman–Crippen MR) is 116 cm³/mol. The summed E-state index contributed by atoms with van der Waals surface area (Å²) in [6, 6.07) is 9.63. The Morgan fingerprint density at radius 2 is 1.63 bits per heavy atom. The van der Waals surface area contributed by atoms with Gasteiger partial charge in [-0.15, -0.1) is 13.2 Å². The number of carbonyl (C=O) groups is 3. The largest absolute Gasteiger partial charge is 0.487 e. The average Bonchev–Trinajstić information content (AvgIpc) is 2.81. The maximum absolute atomic E-state index is 13.9. The second kappa shape index (κ2) is 10.0. The number of sulfonamides is 1. The highest BCUT2D eigenvalue weighted by Crippen LogP contribution is 2.29. The molecule has 1 saturated heterocycles. The number of amides is 2. The lowest BCUT2D eigenvalue weighted by Gasteiger charge is -2.41. The van der Waals surface area contributed by atoms with Crippen molar-refractivity contribution in [2.24, 2.45) is 0 Å². The quantitative estimate of drug-likeness (QED) is 0.592. The van der Waals surface area contributed by atoms with Crippen molar-refractivity contribution >= 4 is 27.8 Å². The molecule has 35 heavy (non-hydrogen) atoms. The maximum Gasteiger partial charge on any atom is 0.487 e. The lowest BCUT2D eigenvalue weighted by Crippen LogP contribution is -2.63. The van der Waals surface area contributed by atoms with Gasteiger partial charge in [-0.05, 0) is 29.8 Å². The average molecular weight is 513 g/mol. The number of hydrogen-bond donors (Lipinski definition) is 1. The van der Waals surface area contributed by atoms with Crippen LogP contribution in [0, 0.1) is 0 Å². The van der Waals surface area contributed by atoms with E-state index in [4.69, 9.17) is 5.11 Å². The number of alkyl halides is 3. The van der Waals surface area contributed by atoms with Crippen LogP contribution in [0.2, 0.25) is 0 Å². The fourth-order valence-corrected chi connectivity index (χ4v) is 5.25. The number of rotatable bonds is 6. The van der Waals surface area contributed by atoms with Crippen LogP contribution in [0.15, 0.2) is 59.5 Å². The van der Waals surface area contributed by atoms with Gasteiger partial charge in [0.1, 0.15) is 6.04 Å². The second-order valence-corrected chi connectivity index (χ2v) is 9.69. The fourth-order valence-electron chi connectivity index (χ4n) is 3.68. The topological polar surface area (TPSA) is 115 Å². The molecule has 0 saturated carbocycles. The van der Waals surface area contributed by atoms with Gasteiger partial charge in [0.2, 0.25) is 21.8 Å². The van der Waals surface area contributed by atoms with Gasteiger partial charge in [-0.25, -0.2) is 18.1 Å². The van der Waals surface area contributed by atoms with E-state index in [1.807, 2.05) is 0 Å². The van der Waals surface area contributed by atoms with Crippen molar-refractivity contribution in [1.29, 1.82) is 0 Å². The highest BCUT2D eigenvalue weighted by Gasteiger charge is 2.49. The number of nitrogens with zero attached hydrogens (tertiary/aromatic N) is 3. The minimum atomic E-state index is -5.12. The number of carboxylic acid groups (broad SMARTS) is 1. The molecule has 0 radical (unpaired) electrons. The molecular weight excluding hydrogens is 491 g/mol. The number of hydrogen-bond acceptors (Lipinski definition) is 5. The van der Waals surface area contributed by atoms with E-state index in [1.54, 1.807) is 6.07 Å². The molecule has 0 bridgehead atoms. The zero-order valence-corrected chi connectivity index (χ0v) is 19.3. The molecule has 1 heterocycles. The monoisotopic (exact) mass is 513 g/mol. The minimum absolute atomic E-state index is 0.129. The third-order valence-corrected chi connectivity index (χ3v) is 7.45. The summed E-state index contributed by atoms with van der Waals surface area (Å²) in [5, 5.41) is 9.03. The highest BCUT2D eigenvalue weighted by molar-refractivity contribution is 7.89. The first kappa shape index (κ1) is 26.2. The van der Waals surface area contributed by atoms with Gasteiger partial charge in [0.15, 0.2) is 0 Å². The minimum Gasteiger partial charge on any atom is -0.478 e. The number of benzene rings is 2. The molecule has 13 heteroatoms. The highest BCUT2D eigenvalue weighted by atomic mass is 32.2. The molecule has 0 spiro atoms. The summed E-state index contributed by atoms with van der Waals surface area (Å²) >= 11 is 0. The summed E-state index contributed by atoms with van der Waals surface area (Å²) in [5.41, 5.74) is -0.0137. The van der Waals surface area contributed by atoms with Crippen molar-refractivity contribution in [2.45, 2.75) is 30.7 Å². The number of carboxylic acids is 1. The van der Waals surface area contributed by atoms with Crippen molar-refractivity contribution in [3.8, 4) is 0 Å². The SMILES string of the molecule is CC(=O)N1CCN(S(=O)(=O)c2ccc(C(=O)O)cc2)C(C(=O)N(Cc2ccccc2)C(F)(F)F)C1. The van der Waals surface area contributed by atoms with E-state index in [1.165, 1.54) is 31.2 Å². The van der Waals surface area contributed by atoms with E-state index in [-0.39, 0.29) is 22.6 Å². The molecule has 1 atom stereocenters. The number of piperazine rings is 1. The number of aromatic carboxylic acids is 1. The van der Waals surface area contributed by atoms with Crippen LogP contribution >= 0.6 is 0 Å². The Hall–Kier alpha value is -3.45. The molecule has 1 aliphatic heterocycles. The van der Waals surface area contributed by atoms with Gasteiger partial charge >= 0.3 is 12.3 Å². The van der Waals surface area contributed by atoms with E-state index < -0.39 is 64.7 Å². The van der Waals surface area contributed by atoms with Gasteiger partial charge in [0, 0.05) is 26.6 Å². The van der Waals surface area contributed by atoms with Crippen molar-refractivity contribution in [3.05, 3.63) is 65.7 Å². The second-order valence-electron chi connectivity index (χ2n) is 7.80. The van der Waals surface area contributed by atoms with Crippen LogP contribution < -0.4 is 0 Å². The summed E-state index contributed by atoms with van der Waals surface area (Å²) in [7, 11) is -4.51. The molecule has 2 amide bonds. The lowest BCUT2D eigenvalue weighted by molar-refractivity contribution is -0.246. The molecule has 3 rings (SSSR count). The Bertz CT molecular complexity index is 1200. The summed E-state index contributed by atoms with van der Waals surface area (Å²) in [6.07, 6.45) is -5.12. The Morgan fingerprint density at radius 1 is 1.03 bits per heavy atom. The van der Waals surface area contributed by atoms with E-state index in [0.29, 0.717) is 4.31 Å². The smallest absolute Gasteiger partial charge is 0.478 e. The predicted octanol–water partition coefficient (Wildman–Crippen LogP) is 2.15. The molecule has 2 aromatic rings. The Balaban J connectivity index is 2.01. The van der Waals surface area contributed by atoms with Gasteiger partial charge < -0.3 is 10.0 Å². The summed E-state index contributed by atoms with van der Waals surface area (Å²) < 4.78 is 69.1. The molecule has 188 valence electrons. The van der Waals surface area contributed by atoms with E-state index in [2.05, 4.69) is 0 Å². The number of halogens is 3. The van der Waals surface area contributed by atoms with Crippen LogP contribution in [0.3, 0.4) is 0 Å². The molecular formula is C22H22F3N3O6S. The van der Waals surface area contributed by atoms with Crippen molar-refractivity contribution in [3.63, 3.8) is 0 Å². The first-order valence-corrected chi connectivity index (χ1v) is 11.8.